The van der Waals surface area contributed by atoms with Gasteiger partial charge in [-0.2, -0.15) is 5.10 Å². The Labute approximate surface area is 127 Å². The van der Waals surface area contributed by atoms with E-state index < -0.39 is 8.24 Å². The molecular weight excluding hydrogens is 276 g/mol. The molecular formula is C17H20N2OSi. The van der Waals surface area contributed by atoms with Crippen LogP contribution in [0.3, 0.4) is 0 Å². The summed E-state index contributed by atoms with van der Waals surface area (Å²) in [5.41, 5.74) is 2.77. The predicted octanol–water partition coefficient (Wildman–Crippen LogP) is 4.17. The number of carbonyl (C=O) groups is 1. The summed E-state index contributed by atoms with van der Waals surface area (Å²) >= 11 is 0. The Morgan fingerprint density at radius 3 is 2.00 bits per heavy atom. The second kappa shape index (κ2) is 6.50. The van der Waals surface area contributed by atoms with Crippen molar-refractivity contribution in [3.63, 3.8) is 0 Å². The van der Waals surface area contributed by atoms with Crippen molar-refractivity contribution in [2.75, 3.05) is 4.67 Å². The van der Waals surface area contributed by atoms with Crippen molar-refractivity contribution in [1.82, 2.24) is 0 Å². The van der Waals surface area contributed by atoms with Crippen LogP contribution in [0.15, 0.2) is 59.7 Å². The first-order chi connectivity index (χ1) is 10.0. The zero-order valence-electron chi connectivity index (χ0n) is 12.7. The largest absolute Gasteiger partial charge is 0.298 e. The van der Waals surface area contributed by atoms with E-state index >= 15 is 0 Å². The summed E-state index contributed by atoms with van der Waals surface area (Å²) in [6.07, 6.45) is 2.69. The van der Waals surface area contributed by atoms with Gasteiger partial charge in [-0.05, 0) is 37.3 Å². The molecule has 21 heavy (non-hydrogen) atoms. The normalized spacial score (nSPS) is 11.6. The van der Waals surface area contributed by atoms with Gasteiger partial charge < -0.3 is 0 Å². The molecule has 0 heterocycles. The lowest BCUT2D eigenvalue weighted by atomic mass is 10.2. The fourth-order valence-electron chi connectivity index (χ4n) is 1.98. The summed E-state index contributed by atoms with van der Waals surface area (Å²) < 4.78 is 2.13. The highest BCUT2D eigenvalue weighted by Crippen LogP contribution is 2.21. The first-order valence-corrected chi connectivity index (χ1v) is 10.4. The zero-order valence-corrected chi connectivity index (χ0v) is 13.7. The molecule has 108 valence electrons. The molecule has 0 aliphatic heterocycles. The molecule has 2 aromatic rings. The van der Waals surface area contributed by atoms with Gasteiger partial charge in [0.2, 0.25) is 0 Å². The average molecular weight is 296 g/mol. The maximum Gasteiger partial charge on any atom is 0.176 e. The lowest BCUT2D eigenvalue weighted by Crippen LogP contribution is -2.42. The van der Waals surface area contributed by atoms with Crippen LogP contribution in [0.1, 0.15) is 15.9 Å². The highest BCUT2D eigenvalue weighted by atomic mass is 28.3. The summed E-state index contributed by atoms with van der Waals surface area (Å²) in [5.74, 6) is 0. The molecule has 0 fully saturated rings. The molecule has 0 bridgehead atoms. The molecule has 2 aromatic carbocycles. The van der Waals surface area contributed by atoms with Gasteiger partial charge >= 0.3 is 0 Å². The Kier molecular flexibility index (Phi) is 4.70. The van der Waals surface area contributed by atoms with Crippen molar-refractivity contribution in [2.45, 2.75) is 19.6 Å². The molecule has 0 spiro atoms. The zero-order chi connectivity index (χ0) is 15.3. The van der Waals surface area contributed by atoms with Crippen molar-refractivity contribution in [1.29, 1.82) is 0 Å². The van der Waals surface area contributed by atoms with Crippen molar-refractivity contribution < 1.29 is 4.79 Å². The highest BCUT2D eigenvalue weighted by Gasteiger charge is 2.23. The van der Waals surface area contributed by atoms with E-state index in [9.17, 15) is 4.79 Å². The number of hydrazone groups is 1. The minimum atomic E-state index is -1.62. The molecule has 0 aromatic heterocycles. The number of anilines is 1. The summed E-state index contributed by atoms with van der Waals surface area (Å²) in [4.78, 5) is 10.7. The van der Waals surface area contributed by atoms with E-state index in [1.165, 1.54) is 0 Å². The predicted molar refractivity (Wildman–Crippen MR) is 91.7 cm³/mol. The van der Waals surface area contributed by atoms with Crippen LogP contribution in [0.2, 0.25) is 19.6 Å². The van der Waals surface area contributed by atoms with E-state index in [1.54, 1.807) is 12.1 Å². The molecule has 4 heteroatoms. The Hall–Kier alpha value is -2.20. The summed E-state index contributed by atoms with van der Waals surface area (Å²) in [7, 11) is -1.62. The maximum atomic E-state index is 10.7. The average Bonchev–Trinajstić information content (AvgIpc) is 2.48. The van der Waals surface area contributed by atoms with Crippen molar-refractivity contribution in [3.8, 4) is 0 Å². The van der Waals surface area contributed by atoms with Gasteiger partial charge in [-0.1, -0.05) is 42.5 Å². The fraction of sp³-hybridized carbons (Fsp3) is 0.176. The number of rotatable bonds is 5. The third kappa shape index (κ3) is 4.13. The van der Waals surface area contributed by atoms with Crippen LogP contribution >= 0.6 is 0 Å². The van der Waals surface area contributed by atoms with E-state index in [0.29, 0.717) is 5.56 Å². The van der Waals surface area contributed by atoms with E-state index in [-0.39, 0.29) is 0 Å². The van der Waals surface area contributed by atoms with Gasteiger partial charge in [0.05, 0.1) is 6.21 Å². The molecule has 0 aliphatic rings. The molecule has 2 rings (SSSR count). The molecule has 0 saturated heterocycles. The quantitative estimate of drug-likeness (QED) is 0.359. The molecule has 0 N–H and O–H groups in total. The Morgan fingerprint density at radius 1 is 0.905 bits per heavy atom. The van der Waals surface area contributed by atoms with Gasteiger partial charge in [0.25, 0.3) is 0 Å². The fourth-order valence-corrected chi connectivity index (χ4v) is 3.31. The summed E-state index contributed by atoms with van der Waals surface area (Å²) in [6, 6.07) is 17.6. The number of benzene rings is 2. The van der Waals surface area contributed by atoms with Crippen LogP contribution < -0.4 is 4.67 Å². The van der Waals surface area contributed by atoms with Crippen LogP contribution in [0.25, 0.3) is 0 Å². The van der Waals surface area contributed by atoms with Crippen LogP contribution in [0, 0.1) is 0 Å². The summed E-state index contributed by atoms with van der Waals surface area (Å²) in [6.45, 7) is 6.77. The summed E-state index contributed by atoms with van der Waals surface area (Å²) in [5, 5.41) is 4.67. The number of para-hydroxylation sites is 1. The molecule has 3 nitrogen and oxygen atoms in total. The molecule has 0 radical (unpaired) electrons. The third-order valence-corrected chi connectivity index (χ3v) is 4.68. The SMILES string of the molecule is C[Si](C)(C)N(/N=C/c1ccc(C=O)cc1)c1ccccc1. The van der Waals surface area contributed by atoms with Gasteiger partial charge in [0, 0.05) is 11.3 Å². The first kappa shape index (κ1) is 15.2. The molecule has 0 aliphatic carbocycles. The minimum Gasteiger partial charge on any atom is -0.298 e. The molecule has 0 atom stereocenters. The van der Waals surface area contributed by atoms with E-state index in [0.717, 1.165) is 17.5 Å². The number of aldehydes is 1. The van der Waals surface area contributed by atoms with Crippen LogP contribution in [-0.2, 0) is 0 Å². The first-order valence-electron chi connectivity index (χ1n) is 6.95. The third-order valence-electron chi connectivity index (χ3n) is 3.03. The van der Waals surface area contributed by atoms with Gasteiger partial charge in [-0.25, -0.2) is 0 Å². The van der Waals surface area contributed by atoms with Crippen LogP contribution in [0.5, 0.6) is 0 Å². The second-order valence-electron chi connectivity index (χ2n) is 5.85. The standard InChI is InChI=1S/C17H20N2OSi/c1-21(2,3)19(17-7-5-4-6-8-17)18-13-15-9-11-16(14-20)12-10-15/h4-14H,1-3H3/b18-13+. The maximum absolute atomic E-state index is 10.7. The van der Waals surface area contributed by atoms with Crippen molar-refractivity contribution >= 4 is 26.4 Å². The van der Waals surface area contributed by atoms with E-state index in [4.69, 9.17) is 0 Å². The second-order valence-corrected chi connectivity index (χ2v) is 10.6. The number of hydrogen-bond donors (Lipinski definition) is 0. The highest BCUT2D eigenvalue weighted by molar-refractivity contribution is 6.79. The van der Waals surface area contributed by atoms with Gasteiger partial charge in [0.1, 0.15) is 6.29 Å². The monoisotopic (exact) mass is 296 g/mol. The van der Waals surface area contributed by atoms with Gasteiger partial charge in [-0.15, -0.1) is 0 Å². The molecule has 0 amide bonds. The Bertz CT molecular complexity index is 615. The van der Waals surface area contributed by atoms with E-state index in [1.807, 2.05) is 36.5 Å². The Balaban J connectivity index is 2.26. The van der Waals surface area contributed by atoms with Crippen molar-refractivity contribution in [2.24, 2.45) is 5.10 Å². The number of hydrogen-bond acceptors (Lipinski definition) is 3. The topological polar surface area (TPSA) is 32.7 Å². The Morgan fingerprint density at radius 2 is 1.48 bits per heavy atom. The van der Waals surface area contributed by atoms with Gasteiger partial charge in [-0.3, -0.25) is 9.47 Å². The molecule has 0 unspecified atom stereocenters. The van der Waals surface area contributed by atoms with Crippen LogP contribution in [-0.4, -0.2) is 20.7 Å². The molecule has 0 saturated carbocycles. The van der Waals surface area contributed by atoms with Crippen LogP contribution in [0.4, 0.5) is 5.69 Å². The lowest BCUT2D eigenvalue weighted by Gasteiger charge is -2.31. The van der Waals surface area contributed by atoms with Gasteiger partial charge in [0.15, 0.2) is 8.24 Å². The number of carbonyl (C=O) groups excluding carboxylic acids is 1. The smallest absolute Gasteiger partial charge is 0.176 e. The lowest BCUT2D eigenvalue weighted by molar-refractivity contribution is 0.112. The minimum absolute atomic E-state index is 0.678. The van der Waals surface area contributed by atoms with Crippen molar-refractivity contribution in [3.05, 3.63) is 65.7 Å². The van der Waals surface area contributed by atoms with E-state index in [2.05, 4.69) is 41.5 Å². The number of nitrogens with zero attached hydrogens (tertiary/aromatic N) is 2.